The molecule has 0 spiro atoms. The van der Waals surface area contributed by atoms with Crippen molar-refractivity contribution >= 4 is 0 Å². The summed E-state index contributed by atoms with van der Waals surface area (Å²) in [6.07, 6.45) is -2.45. The molecular weight excluding hydrogens is 666 g/mol. The lowest BCUT2D eigenvalue weighted by Gasteiger charge is -2.31. The summed E-state index contributed by atoms with van der Waals surface area (Å²) in [5, 5.41) is 49.8. The van der Waals surface area contributed by atoms with Crippen LogP contribution >= 0.6 is 0 Å². The van der Waals surface area contributed by atoms with Gasteiger partial charge in [0.15, 0.2) is 11.5 Å². The van der Waals surface area contributed by atoms with E-state index in [1.807, 2.05) is 83.1 Å². The van der Waals surface area contributed by atoms with Crippen molar-refractivity contribution in [1.29, 1.82) is 0 Å². The number of hydrogen-bond acceptors (Lipinski definition) is 11. The maximum atomic E-state index is 10.6. The Bertz CT molecular complexity index is 1430. The van der Waals surface area contributed by atoms with Crippen LogP contribution in [0.25, 0.3) is 0 Å². The van der Waals surface area contributed by atoms with E-state index in [0.717, 1.165) is 16.7 Å². The monoisotopic (exact) mass is 727 g/mol. The number of nitrogens with zero attached hydrogens (tertiary/aromatic N) is 1. The van der Waals surface area contributed by atoms with E-state index in [9.17, 15) is 25.5 Å². The summed E-state index contributed by atoms with van der Waals surface area (Å²) in [5.74, 6) is 1.54. The van der Waals surface area contributed by atoms with Crippen LogP contribution in [0.4, 0.5) is 0 Å². The van der Waals surface area contributed by atoms with Gasteiger partial charge in [-0.15, -0.1) is 0 Å². The highest BCUT2D eigenvalue weighted by atomic mass is 16.5. The third-order valence-electron chi connectivity index (χ3n) is 8.68. The predicted octanol–water partition coefficient (Wildman–Crippen LogP) is 4.29. The van der Waals surface area contributed by atoms with Crippen molar-refractivity contribution in [3.8, 4) is 17.2 Å². The largest absolute Gasteiger partial charge is 0.491 e. The average Bonchev–Trinajstić information content (AvgIpc) is 3.11. The van der Waals surface area contributed by atoms with E-state index in [0.29, 0.717) is 36.9 Å². The van der Waals surface area contributed by atoms with Gasteiger partial charge in [0.2, 0.25) is 0 Å². The van der Waals surface area contributed by atoms with E-state index in [2.05, 4.69) is 26.0 Å². The third kappa shape index (κ3) is 14.3. The van der Waals surface area contributed by atoms with Crippen LogP contribution in [0.3, 0.4) is 0 Å². The number of aliphatic hydroxyl groups excluding tert-OH is 5. The van der Waals surface area contributed by atoms with Gasteiger partial charge in [-0.2, -0.15) is 0 Å². The lowest BCUT2D eigenvalue weighted by Crippen LogP contribution is -2.39. The number of rotatable bonds is 23. The van der Waals surface area contributed by atoms with E-state index in [1.54, 1.807) is 17.0 Å². The number of para-hydroxylation sites is 2. The van der Waals surface area contributed by atoms with Crippen LogP contribution in [-0.2, 0) is 20.5 Å². The summed E-state index contributed by atoms with van der Waals surface area (Å²) in [5.41, 5.74) is 1.89. The maximum absolute atomic E-state index is 10.6. The van der Waals surface area contributed by atoms with Gasteiger partial charge < -0.3 is 49.2 Å². The average molecular weight is 728 g/mol. The standard InChI is InChI=1S/C41H61NO10/c1-39(2,3)51-29-35(47)27-50-38-11-9-8-10-37(38)49-26-34(46)25-48-36-18-16-31(17-19-36)40(4,5)30-12-14-32(15-13-30)41(6,7)52-28-33(45)24-42(20-22-43)21-23-44/h8-19,33-35,43-47H,20-29H2,1-7H3. The molecule has 0 radical (unpaired) electrons. The first-order valence-electron chi connectivity index (χ1n) is 18.0. The minimum atomic E-state index is -0.892. The summed E-state index contributed by atoms with van der Waals surface area (Å²) in [7, 11) is 0. The van der Waals surface area contributed by atoms with Crippen molar-refractivity contribution in [2.75, 3.05) is 65.9 Å². The molecule has 3 aromatic carbocycles. The fourth-order valence-electron chi connectivity index (χ4n) is 5.43. The molecule has 0 heterocycles. The molecule has 3 unspecified atom stereocenters. The normalized spacial score (nSPS) is 14.2. The minimum absolute atomic E-state index is 0.00649. The zero-order valence-electron chi connectivity index (χ0n) is 32.0. The highest BCUT2D eigenvalue weighted by molar-refractivity contribution is 5.42. The zero-order chi connectivity index (χ0) is 38.4. The number of ether oxygens (including phenoxy) is 5. The van der Waals surface area contributed by atoms with E-state index < -0.39 is 23.9 Å². The van der Waals surface area contributed by atoms with Gasteiger partial charge in [0.1, 0.15) is 37.8 Å². The summed E-state index contributed by atoms with van der Waals surface area (Å²) in [4.78, 5) is 1.80. The Kier molecular flexibility index (Phi) is 16.8. The van der Waals surface area contributed by atoms with E-state index in [1.165, 1.54) is 0 Å². The number of aliphatic hydroxyl groups is 5. The van der Waals surface area contributed by atoms with Gasteiger partial charge in [-0.25, -0.2) is 0 Å². The molecule has 3 atom stereocenters. The van der Waals surface area contributed by atoms with Crippen LogP contribution in [0.2, 0.25) is 0 Å². The van der Waals surface area contributed by atoms with Gasteiger partial charge in [0.25, 0.3) is 0 Å². The molecule has 290 valence electrons. The van der Waals surface area contributed by atoms with Gasteiger partial charge in [-0.1, -0.05) is 62.4 Å². The fraction of sp³-hybridized carbons (Fsp3) is 0.561. The highest BCUT2D eigenvalue weighted by Crippen LogP contribution is 2.34. The van der Waals surface area contributed by atoms with Crippen molar-refractivity contribution < 1.29 is 49.2 Å². The summed E-state index contributed by atoms with van der Waals surface area (Å²) in [6.45, 7) is 15.3. The molecule has 0 saturated heterocycles. The summed E-state index contributed by atoms with van der Waals surface area (Å²) < 4.78 is 29.2. The number of hydrogen-bond donors (Lipinski definition) is 5. The molecule has 0 amide bonds. The first-order valence-corrected chi connectivity index (χ1v) is 18.0. The Morgan fingerprint density at radius 1 is 0.538 bits per heavy atom. The first kappa shape index (κ1) is 43.1. The third-order valence-corrected chi connectivity index (χ3v) is 8.68. The Hall–Kier alpha value is -3.26. The Balaban J connectivity index is 1.49. The summed E-state index contributed by atoms with van der Waals surface area (Å²) in [6, 6.07) is 23.2. The number of benzene rings is 3. The van der Waals surface area contributed by atoms with Crippen molar-refractivity contribution in [3.05, 3.63) is 89.5 Å². The Morgan fingerprint density at radius 3 is 1.48 bits per heavy atom. The molecule has 0 fully saturated rings. The zero-order valence-corrected chi connectivity index (χ0v) is 32.0. The highest BCUT2D eigenvalue weighted by Gasteiger charge is 2.27. The molecule has 11 heteroatoms. The van der Waals surface area contributed by atoms with Crippen LogP contribution < -0.4 is 14.2 Å². The van der Waals surface area contributed by atoms with Crippen LogP contribution in [0.5, 0.6) is 17.2 Å². The van der Waals surface area contributed by atoms with Gasteiger partial charge in [0, 0.05) is 25.0 Å². The molecule has 0 aliphatic rings. The second kappa shape index (κ2) is 20.3. The molecule has 0 bridgehead atoms. The fourth-order valence-corrected chi connectivity index (χ4v) is 5.43. The SMILES string of the molecule is CC(C)(C)OCC(O)COc1ccccc1OCC(O)COc1ccc(C(C)(C)c2ccc(C(C)(C)OCC(O)CN(CCO)CCO)cc2)cc1. The van der Waals surface area contributed by atoms with Gasteiger partial charge in [0.05, 0.1) is 43.7 Å². The molecule has 3 aromatic rings. The van der Waals surface area contributed by atoms with E-state index in [-0.39, 0.29) is 57.3 Å². The van der Waals surface area contributed by atoms with E-state index in [4.69, 9.17) is 23.7 Å². The first-order chi connectivity index (χ1) is 24.5. The molecule has 0 aliphatic carbocycles. The molecule has 0 aromatic heterocycles. The predicted molar refractivity (Wildman–Crippen MR) is 201 cm³/mol. The topological polar surface area (TPSA) is 151 Å². The molecule has 0 aliphatic heterocycles. The minimum Gasteiger partial charge on any atom is -0.491 e. The lowest BCUT2D eigenvalue weighted by molar-refractivity contribution is -0.0705. The molecule has 52 heavy (non-hydrogen) atoms. The van der Waals surface area contributed by atoms with Crippen LogP contribution in [-0.4, -0.2) is 120 Å². The Morgan fingerprint density at radius 2 is 0.981 bits per heavy atom. The lowest BCUT2D eigenvalue weighted by atomic mass is 9.77. The quantitative estimate of drug-likeness (QED) is 0.0953. The van der Waals surface area contributed by atoms with Crippen LogP contribution in [0, 0.1) is 0 Å². The molecule has 11 nitrogen and oxygen atoms in total. The smallest absolute Gasteiger partial charge is 0.161 e. The Labute approximate surface area is 309 Å². The van der Waals surface area contributed by atoms with Crippen LogP contribution in [0.15, 0.2) is 72.8 Å². The second-order valence-corrected chi connectivity index (χ2v) is 15.1. The van der Waals surface area contributed by atoms with Crippen molar-refractivity contribution in [2.24, 2.45) is 0 Å². The van der Waals surface area contributed by atoms with Crippen LogP contribution in [0.1, 0.15) is 65.2 Å². The summed E-state index contributed by atoms with van der Waals surface area (Å²) >= 11 is 0. The molecule has 5 N–H and O–H groups in total. The molecule has 0 saturated carbocycles. The second-order valence-electron chi connectivity index (χ2n) is 15.1. The van der Waals surface area contributed by atoms with Gasteiger partial charge >= 0.3 is 0 Å². The van der Waals surface area contributed by atoms with Gasteiger partial charge in [-0.05, 0) is 75.6 Å². The van der Waals surface area contributed by atoms with E-state index >= 15 is 0 Å². The maximum Gasteiger partial charge on any atom is 0.161 e. The van der Waals surface area contributed by atoms with Crippen molar-refractivity contribution in [2.45, 2.75) is 83.4 Å². The molecule has 3 rings (SSSR count). The van der Waals surface area contributed by atoms with Gasteiger partial charge in [-0.3, -0.25) is 4.90 Å². The van der Waals surface area contributed by atoms with Crippen molar-refractivity contribution in [1.82, 2.24) is 4.90 Å². The molecular formula is C41H61NO10. The van der Waals surface area contributed by atoms with Crippen molar-refractivity contribution in [3.63, 3.8) is 0 Å².